The first-order chi connectivity index (χ1) is 8.72. The molecule has 2 unspecified atom stereocenters. The lowest BCUT2D eigenvalue weighted by Gasteiger charge is -2.19. The van der Waals surface area contributed by atoms with Gasteiger partial charge in [0.2, 0.25) is 0 Å². The second kappa shape index (κ2) is 5.48. The molecule has 2 atom stereocenters. The van der Waals surface area contributed by atoms with Gasteiger partial charge in [-0.2, -0.15) is 0 Å². The molecule has 1 saturated carbocycles. The third-order valence-electron chi connectivity index (χ3n) is 3.27. The zero-order chi connectivity index (χ0) is 13.0. The second-order valence-electron chi connectivity index (χ2n) is 4.38. The van der Waals surface area contributed by atoms with Gasteiger partial charge in [-0.1, -0.05) is 11.6 Å². The number of aromatic nitrogens is 1. The Morgan fingerprint density at radius 2 is 2.17 bits per heavy atom. The third kappa shape index (κ3) is 2.58. The van der Waals surface area contributed by atoms with Crippen LogP contribution in [0.4, 0.5) is 0 Å². The number of amidine groups is 1. The Hall–Kier alpha value is -2.11. The van der Waals surface area contributed by atoms with Crippen LogP contribution in [0.5, 0.6) is 0 Å². The number of amides is 1. The van der Waals surface area contributed by atoms with Crippen molar-refractivity contribution in [2.75, 3.05) is 0 Å². The van der Waals surface area contributed by atoms with Crippen LogP contribution in [0.3, 0.4) is 0 Å². The van der Waals surface area contributed by atoms with Crippen LogP contribution in [-0.2, 0) is 0 Å². The lowest BCUT2D eigenvalue weighted by Crippen LogP contribution is -2.42. The molecule has 0 aromatic carbocycles. The van der Waals surface area contributed by atoms with E-state index in [9.17, 15) is 4.79 Å². The van der Waals surface area contributed by atoms with Crippen LogP contribution in [-0.4, -0.2) is 28.0 Å². The van der Waals surface area contributed by atoms with Gasteiger partial charge < -0.3 is 16.3 Å². The summed E-state index contributed by atoms with van der Waals surface area (Å²) in [6.45, 7) is 0. The first kappa shape index (κ1) is 12.3. The summed E-state index contributed by atoms with van der Waals surface area (Å²) in [6.07, 6.45) is 5.78. The summed E-state index contributed by atoms with van der Waals surface area (Å²) in [6, 6.07) is 3.24. The second-order valence-corrected chi connectivity index (χ2v) is 4.38. The van der Waals surface area contributed by atoms with Gasteiger partial charge in [0, 0.05) is 29.9 Å². The minimum absolute atomic E-state index is 0.0680. The molecule has 0 spiro atoms. The van der Waals surface area contributed by atoms with Gasteiger partial charge in [-0.3, -0.25) is 9.78 Å². The van der Waals surface area contributed by atoms with E-state index in [1.54, 1.807) is 24.5 Å². The first-order valence-electron chi connectivity index (χ1n) is 5.90. The predicted octanol–water partition coefficient (Wildman–Crippen LogP) is 0.726. The number of nitrogens with one attached hydrogen (secondary N) is 1. The number of hydrogen-bond donors (Lipinski definition) is 3. The molecule has 6 nitrogen and oxygen atoms in total. The Morgan fingerprint density at radius 3 is 2.83 bits per heavy atom. The van der Waals surface area contributed by atoms with Crippen molar-refractivity contribution in [2.45, 2.75) is 25.3 Å². The molecule has 18 heavy (non-hydrogen) atoms. The average molecular weight is 248 g/mol. The van der Waals surface area contributed by atoms with Gasteiger partial charge in [0.25, 0.3) is 5.91 Å². The summed E-state index contributed by atoms with van der Waals surface area (Å²) < 4.78 is 0. The molecule has 1 aliphatic carbocycles. The van der Waals surface area contributed by atoms with E-state index in [1.807, 2.05) is 0 Å². The minimum atomic E-state index is -0.153. The Balaban J connectivity index is 2.03. The Labute approximate surface area is 105 Å². The molecule has 2 rings (SSSR count). The van der Waals surface area contributed by atoms with Crippen LogP contribution in [0.1, 0.15) is 29.6 Å². The van der Waals surface area contributed by atoms with Gasteiger partial charge in [0.05, 0.1) is 0 Å². The minimum Gasteiger partial charge on any atom is -0.409 e. The highest BCUT2D eigenvalue weighted by atomic mass is 16.4. The highest BCUT2D eigenvalue weighted by Gasteiger charge is 2.31. The zero-order valence-electron chi connectivity index (χ0n) is 9.91. The third-order valence-corrected chi connectivity index (χ3v) is 3.27. The van der Waals surface area contributed by atoms with E-state index < -0.39 is 0 Å². The summed E-state index contributed by atoms with van der Waals surface area (Å²) in [5.74, 6) is -0.0478. The lowest BCUT2D eigenvalue weighted by molar-refractivity contribution is 0.0933. The topological polar surface area (TPSA) is 101 Å². The molecular formula is C12H16N4O2. The van der Waals surface area contributed by atoms with Crippen molar-refractivity contribution < 1.29 is 10.0 Å². The summed E-state index contributed by atoms with van der Waals surface area (Å²) in [4.78, 5) is 15.8. The summed E-state index contributed by atoms with van der Waals surface area (Å²) >= 11 is 0. The molecular weight excluding hydrogens is 232 g/mol. The molecule has 6 heteroatoms. The molecule has 1 fully saturated rings. The molecule has 1 aromatic heterocycles. The molecule has 96 valence electrons. The van der Waals surface area contributed by atoms with Crippen molar-refractivity contribution in [3.63, 3.8) is 0 Å². The molecule has 0 bridgehead atoms. The molecule has 0 saturated heterocycles. The van der Waals surface area contributed by atoms with Gasteiger partial charge in [-0.15, -0.1) is 0 Å². The lowest BCUT2D eigenvalue weighted by atomic mass is 10.0. The Bertz CT molecular complexity index is 447. The summed E-state index contributed by atoms with van der Waals surface area (Å²) in [5, 5.41) is 14.7. The average Bonchev–Trinajstić information content (AvgIpc) is 2.87. The van der Waals surface area contributed by atoms with Gasteiger partial charge >= 0.3 is 0 Å². The molecule has 0 radical (unpaired) electrons. The number of nitrogens with two attached hydrogens (primary N) is 1. The fraction of sp³-hybridized carbons (Fsp3) is 0.417. The fourth-order valence-corrected chi connectivity index (χ4v) is 2.32. The Morgan fingerprint density at radius 1 is 1.44 bits per heavy atom. The smallest absolute Gasteiger partial charge is 0.251 e. The largest absolute Gasteiger partial charge is 0.409 e. The molecule has 1 aliphatic rings. The highest BCUT2D eigenvalue weighted by Crippen LogP contribution is 2.26. The van der Waals surface area contributed by atoms with Crippen molar-refractivity contribution in [1.82, 2.24) is 10.3 Å². The SMILES string of the molecule is NC(=NO)C1CCCC1NC(=O)c1ccncc1. The van der Waals surface area contributed by atoms with Crippen molar-refractivity contribution in [3.05, 3.63) is 30.1 Å². The normalized spacial score (nSPS) is 23.9. The van der Waals surface area contributed by atoms with Crippen molar-refractivity contribution in [2.24, 2.45) is 16.8 Å². The highest BCUT2D eigenvalue weighted by molar-refractivity contribution is 5.94. The first-order valence-corrected chi connectivity index (χ1v) is 5.90. The van der Waals surface area contributed by atoms with Gasteiger partial charge in [0.1, 0.15) is 5.84 Å². The number of oxime groups is 1. The molecule has 0 aliphatic heterocycles. The predicted molar refractivity (Wildman–Crippen MR) is 66.2 cm³/mol. The van der Waals surface area contributed by atoms with E-state index in [0.717, 1.165) is 19.3 Å². The van der Waals surface area contributed by atoms with Crippen LogP contribution in [0, 0.1) is 5.92 Å². The van der Waals surface area contributed by atoms with Crippen LogP contribution < -0.4 is 11.1 Å². The monoisotopic (exact) mass is 248 g/mol. The van der Waals surface area contributed by atoms with Gasteiger partial charge in [-0.05, 0) is 25.0 Å². The van der Waals surface area contributed by atoms with Crippen molar-refractivity contribution in [3.8, 4) is 0 Å². The maximum atomic E-state index is 12.0. The number of pyridine rings is 1. The van der Waals surface area contributed by atoms with Crippen LogP contribution in [0.15, 0.2) is 29.7 Å². The van der Waals surface area contributed by atoms with E-state index in [1.165, 1.54) is 0 Å². The number of carbonyl (C=O) groups excluding carboxylic acids is 1. The Kier molecular flexibility index (Phi) is 3.76. The maximum Gasteiger partial charge on any atom is 0.251 e. The number of carbonyl (C=O) groups is 1. The molecule has 4 N–H and O–H groups in total. The number of rotatable bonds is 3. The van der Waals surface area contributed by atoms with E-state index in [-0.39, 0.29) is 23.7 Å². The summed E-state index contributed by atoms with van der Waals surface area (Å²) in [5.41, 5.74) is 6.19. The maximum absolute atomic E-state index is 12.0. The number of nitrogens with zero attached hydrogens (tertiary/aromatic N) is 2. The van der Waals surface area contributed by atoms with E-state index >= 15 is 0 Å². The van der Waals surface area contributed by atoms with Crippen molar-refractivity contribution in [1.29, 1.82) is 0 Å². The molecule has 1 aromatic rings. The van der Waals surface area contributed by atoms with E-state index in [4.69, 9.17) is 10.9 Å². The van der Waals surface area contributed by atoms with Gasteiger partial charge in [-0.25, -0.2) is 0 Å². The fourth-order valence-electron chi connectivity index (χ4n) is 2.32. The number of hydrogen-bond acceptors (Lipinski definition) is 4. The molecule has 1 amide bonds. The van der Waals surface area contributed by atoms with E-state index in [2.05, 4.69) is 15.5 Å². The zero-order valence-corrected chi connectivity index (χ0v) is 9.91. The summed E-state index contributed by atoms with van der Waals surface area (Å²) in [7, 11) is 0. The van der Waals surface area contributed by atoms with Crippen LogP contribution >= 0.6 is 0 Å². The van der Waals surface area contributed by atoms with Crippen LogP contribution in [0.2, 0.25) is 0 Å². The van der Waals surface area contributed by atoms with Gasteiger partial charge in [0.15, 0.2) is 0 Å². The van der Waals surface area contributed by atoms with Crippen molar-refractivity contribution >= 4 is 11.7 Å². The van der Waals surface area contributed by atoms with E-state index in [0.29, 0.717) is 5.56 Å². The standard InChI is InChI=1S/C12H16N4O2/c13-11(16-18)9-2-1-3-10(9)15-12(17)8-4-6-14-7-5-8/h4-7,9-10,18H,1-3H2,(H2,13,16)(H,15,17). The molecule has 1 heterocycles. The quantitative estimate of drug-likeness (QED) is 0.317. The van der Waals surface area contributed by atoms with Crippen LogP contribution in [0.25, 0.3) is 0 Å².